The fourth-order valence-electron chi connectivity index (χ4n) is 0.984. The molecular weight excluding hydrogens is 202 g/mol. The molecule has 14 heavy (non-hydrogen) atoms. The Kier molecular flexibility index (Phi) is 5.93. The Morgan fingerprint density at radius 2 is 2.07 bits per heavy atom. The normalized spacial score (nSPS) is 13.5. The molecule has 3 nitrogen and oxygen atoms in total. The summed E-state index contributed by atoms with van der Waals surface area (Å²) in [4.78, 5) is 11.3. The standard InChI is InChI=1S/C10H20ClNO2/c1-5-8(6-7-11)12-9(13)14-10(2,3)4/h8H,5-7H2,1-4H3,(H,12,13). The van der Waals surface area contributed by atoms with Crippen LogP contribution in [0.15, 0.2) is 0 Å². The van der Waals surface area contributed by atoms with Gasteiger partial charge in [0.05, 0.1) is 0 Å². The van der Waals surface area contributed by atoms with Crippen molar-refractivity contribution in [3.05, 3.63) is 0 Å². The molecule has 0 aromatic heterocycles. The summed E-state index contributed by atoms with van der Waals surface area (Å²) >= 11 is 5.60. The smallest absolute Gasteiger partial charge is 0.407 e. The highest BCUT2D eigenvalue weighted by Gasteiger charge is 2.18. The van der Waals surface area contributed by atoms with Crippen molar-refractivity contribution in [2.24, 2.45) is 0 Å². The van der Waals surface area contributed by atoms with Gasteiger partial charge in [-0.1, -0.05) is 6.92 Å². The predicted molar refractivity (Wildman–Crippen MR) is 58.8 cm³/mol. The first kappa shape index (κ1) is 13.6. The van der Waals surface area contributed by atoms with Gasteiger partial charge in [0.2, 0.25) is 0 Å². The third kappa shape index (κ3) is 7.01. The molecule has 1 unspecified atom stereocenters. The molecule has 0 rings (SSSR count). The second-order valence-electron chi connectivity index (χ2n) is 4.23. The highest BCUT2D eigenvalue weighted by Crippen LogP contribution is 2.08. The zero-order valence-electron chi connectivity index (χ0n) is 9.39. The lowest BCUT2D eigenvalue weighted by Crippen LogP contribution is -2.39. The molecule has 84 valence electrons. The highest BCUT2D eigenvalue weighted by molar-refractivity contribution is 6.17. The van der Waals surface area contributed by atoms with E-state index in [1.54, 1.807) is 0 Å². The molecule has 1 amide bonds. The molecule has 0 aliphatic carbocycles. The average Bonchev–Trinajstić information content (AvgIpc) is 2.00. The Balaban J connectivity index is 3.91. The number of alkyl halides is 1. The van der Waals surface area contributed by atoms with Crippen molar-refractivity contribution < 1.29 is 9.53 Å². The number of alkyl carbamates (subject to hydrolysis) is 1. The first-order chi connectivity index (χ1) is 6.39. The van der Waals surface area contributed by atoms with E-state index in [1.807, 2.05) is 27.7 Å². The number of carbonyl (C=O) groups excluding carboxylic acids is 1. The molecule has 1 atom stereocenters. The molecule has 0 radical (unpaired) electrons. The van der Waals surface area contributed by atoms with Crippen LogP contribution in [0.3, 0.4) is 0 Å². The molecule has 0 heterocycles. The molecule has 1 N–H and O–H groups in total. The fourth-order valence-corrected chi connectivity index (χ4v) is 1.25. The Morgan fingerprint density at radius 3 is 2.43 bits per heavy atom. The minimum absolute atomic E-state index is 0.113. The van der Waals surface area contributed by atoms with Crippen molar-refractivity contribution in [2.75, 3.05) is 5.88 Å². The lowest BCUT2D eigenvalue weighted by atomic mass is 10.2. The summed E-state index contributed by atoms with van der Waals surface area (Å²) in [6.45, 7) is 7.54. The van der Waals surface area contributed by atoms with E-state index in [9.17, 15) is 4.79 Å². The van der Waals surface area contributed by atoms with Crippen LogP contribution >= 0.6 is 11.6 Å². The topological polar surface area (TPSA) is 38.3 Å². The lowest BCUT2D eigenvalue weighted by molar-refractivity contribution is 0.0502. The molecule has 0 fully saturated rings. The molecule has 0 aromatic rings. The summed E-state index contributed by atoms with van der Waals surface area (Å²) in [5, 5.41) is 2.78. The minimum atomic E-state index is -0.441. The number of hydrogen-bond acceptors (Lipinski definition) is 2. The van der Waals surface area contributed by atoms with Crippen LogP contribution in [0, 0.1) is 0 Å². The number of nitrogens with one attached hydrogen (secondary N) is 1. The summed E-state index contributed by atoms with van der Waals surface area (Å²) < 4.78 is 5.12. The van der Waals surface area contributed by atoms with Gasteiger partial charge in [-0.25, -0.2) is 4.79 Å². The van der Waals surface area contributed by atoms with Gasteiger partial charge in [0.25, 0.3) is 0 Å². The highest BCUT2D eigenvalue weighted by atomic mass is 35.5. The van der Waals surface area contributed by atoms with Crippen molar-refractivity contribution >= 4 is 17.7 Å². The second kappa shape index (κ2) is 6.12. The van der Waals surface area contributed by atoms with Gasteiger partial charge >= 0.3 is 6.09 Å². The Bertz CT molecular complexity index is 177. The van der Waals surface area contributed by atoms with Crippen LogP contribution < -0.4 is 5.32 Å². The van der Waals surface area contributed by atoms with E-state index in [4.69, 9.17) is 16.3 Å². The predicted octanol–water partition coefficient (Wildman–Crippen LogP) is 2.92. The summed E-state index contributed by atoms with van der Waals surface area (Å²) in [7, 11) is 0. The second-order valence-corrected chi connectivity index (χ2v) is 4.61. The summed E-state index contributed by atoms with van der Waals surface area (Å²) in [6.07, 6.45) is 1.28. The number of ether oxygens (including phenoxy) is 1. The monoisotopic (exact) mass is 221 g/mol. The molecule has 0 aromatic carbocycles. The zero-order chi connectivity index (χ0) is 11.2. The Labute approximate surface area is 91.2 Å². The number of rotatable bonds is 4. The van der Waals surface area contributed by atoms with Crippen LogP contribution in [0.4, 0.5) is 4.79 Å². The Morgan fingerprint density at radius 1 is 1.50 bits per heavy atom. The number of hydrogen-bond donors (Lipinski definition) is 1. The molecule has 4 heteroatoms. The lowest BCUT2D eigenvalue weighted by Gasteiger charge is -2.22. The third-order valence-electron chi connectivity index (χ3n) is 1.67. The number of amides is 1. The van der Waals surface area contributed by atoms with Crippen LogP contribution in [-0.4, -0.2) is 23.6 Å². The van der Waals surface area contributed by atoms with Crippen molar-refractivity contribution in [1.82, 2.24) is 5.32 Å². The SMILES string of the molecule is CCC(CCCl)NC(=O)OC(C)(C)C. The van der Waals surface area contributed by atoms with Crippen LogP contribution in [0.5, 0.6) is 0 Å². The van der Waals surface area contributed by atoms with E-state index in [0.29, 0.717) is 5.88 Å². The molecule has 0 saturated heterocycles. The van der Waals surface area contributed by atoms with Gasteiger partial charge in [-0.15, -0.1) is 11.6 Å². The van der Waals surface area contributed by atoms with Gasteiger partial charge in [0.15, 0.2) is 0 Å². The van der Waals surface area contributed by atoms with E-state index >= 15 is 0 Å². The van der Waals surface area contributed by atoms with Crippen molar-refractivity contribution in [3.8, 4) is 0 Å². The van der Waals surface area contributed by atoms with E-state index in [-0.39, 0.29) is 12.1 Å². The minimum Gasteiger partial charge on any atom is -0.444 e. The maximum atomic E-state index is 11.3. The first-order valence-corrected chi connectivity index (χ1v) is 5.48. The average molecular weight is 222 g/mol. The third-order valence-corrected chi connectivity index (χ3v) is 1.89. The summed E-state index contributed by atoms with van der Waals surface area (Å²) in [5.41, 5.74) is -0.441. The van der Waals surface area contributed by atoms with Crippen molar-refractivity contribution in [2.45, 2.75) is 52.2 Å². The van der Waals surface area contributed by atoms with Gasteiger partial charge in [-0.3, -0.25) is 0 Å². The fraction of sp³-hybridized carbons (Fsp3) is 0.900. The molecular formula is C10H20ClNO2. The van der Waals surface area contributed by atoms with Crippen LogP contribution in [0.25, 0.3) is 0 Å². The largest absolute Gasteiger partial charge is 0.444 e. The molecule has 0 bridgehead atoms. The van der Waals surface area contributed by atoms with Crippen molar-refractivity contribution in [3.63, 3.8) is 0 Å². The van der Waals surface area contributed by atoms with Gasteiger partial charge in [0, 0.05) is 11.9 Å². The van der Waals surface area contributed by atoms with Crippen LogP contribution in [0.1, 0.15) is 40.5 Å². The first-order valence-electron chi connectivity index (χ1n) is 4.94. The zero-order valence-corrected chi connectivity index (χ0v) is 10.1. The quantitative estimate of drug-likeness (QED) is 0.742. The van der Waals surface area contributed by atoms with E-state index in [1.165, 1.54) is 0 Å². The van der Waals surface area contributed by atoms with Crippen LogP contribution in [0.2, 0.25) is 0 Å². The van der Waals surface area contributed by atoms with Gasteiger partial charge in [0.1, 0.15) is 5.60 Å². The number of halogens is 1. The van der Waals surface area contributed by atoms with Gasteiger partial charge < -0.3 is 10.1 Å². The molecule has 0 aliphatic heterocycles. The van der Waals surface area contributed by atoms with E-state index in [0.717, 1.165) is 12.8 Å². The summed E-state index contributed by atoms with van der Waals surface area (Å²) in [5.74, 6) is 0.550. The van der Waals surface area contributed by atoms with E-state index < -0.39 is 5.60 Å². The molecule has 0 aliphatic rings. The molecule has 0 spiro atoms. The van der Waals surface area contributed by atoms with Crippen LogP contribution in [-0.2, 0) is 4.74 Å². The maximum absolute atomic E-state index is 11.3. The van der Waals surface area contributed by atoms with Gasteiger partial charge in [-0.05, 0) is 33.6 Å². The molecule has 0 saturated carbocycles. The van der Waals surface area contributed by atoms with E-state index in [2.05, 4.69) is 5.32 Å². The van der Waals surface area contributed by atoms with Gasteiger partial charge in [-0.2, -0.15) is 0 Å². The Hall–Kier alpha value is -0.440. The number of carbonyl (C=O) groups is 1. The maximum Gasteiger partial charge on any atom is 0.407 e. The van der Waals surface area contributed by atoms with Crippen molar-refractivity contribution in [1.29, 1.82) is 0 Å². The summed E-state index contributed by atoms with van der Waals surface area (Å²) in [6, 6.07) is 0.113.